The molecule has 2 rings (SSSR count). The van der Waals surface area contributed by atoms with Crippen LogP contribution in [0.1, 0.15) is 44.9 Å². The standard InChI is InChI=1S/C16H25BrN2O2S/c1-16(2,3)21-15(20)19-8-4-5-13(19)6-7-18-10-14-9-12(17)11-22-14/h9,11,13,18H,4-8,10H2,1-3H3. The van der Waals surface area contributed by atoms with Crippen LogP contribution in [-0.4, -0.2) is 35.7 Å². The Labute approximate surface area is 145 Å². The van der Waals surface area contributed by atoms with Gasteiger partial charge in [0.25, 0.3) is 0 Å². The molecular formula is C16H25BrN2O2S. The number of nitrogens with zero attached hydrogens (tertiary/aromatic N) is 1. The normalized spacial score (nSPS) is 18.7. The monoisotopic (exact) mass is 388 g/mol. The van der Waals surface area contributed by atoms with Gasteiger partial charge in [-0.1, -0.05) is 0 Å². The molecule has 0 aromatic carbocycles. The molecule has 1 aromatic rings. The van der Waals surface area contributed by atoms with Gasteiger partial charge in [0.15, 0.2) is 0 Å². The van der Waals surface area contributed by atoms with Gasteiger partial charge in [0.1, 0.15) is 5.60 Å². The van der Waals surface area contributed by atoms with Crippen molar-refractivity contribution in [3.8, 4) is 0 Å². The van der Waals surface area contributed by atoms with Gasteiger partial charge in [0.2, 0.25) is 0 Å². The summed E-state index contributed by atoms with van der Waals surface area (Å²) in [6.45, 7) is 8.36. The van der Waals surface area contributed by atoms with E-state index < -0.39 is 5.60 Å². The summed E-state index contributed by atoms with van der Waals surface area (Å²) in [6.07, 6.45) is 2.95. The van der Waals surface area contributed by atoms with Crippen molar-refractivity contribution in [3.05, 3.63) is 20.8 Å². The topological polar surface area (TPSA) is 41.6 Å². The maximum atomic E-state index is 12.2. The van der Waals surface area contributed by atoms with Crippen LogP contribution in [0.5, 0.6) is 0 Å². The third-order valence-corrected chi connectivity index (χ3v) is 5.28. The molecule has 0 spiro atoms. The second-order valence-corrected chi connectivity index (χ2v) is 8.58. The first kappa shape index (κ1) is 17.8. The Morgan fingerprint density at radius 2 is 2.32 bits per heavy atom. The molecule has 6 heteroatoms. The van der Waals surface area contributed by atoms with Gasteiger partial charge in [-0.3, -0.25) is 0 Å². The van der Waals surface area contributed by atoms with Crippen LogP contribution in [0, 0.1) is 0 Å². The van der Waals surface area contributed by atoms with Crippen LogP contribution in [0.4, 0.5) is 4.79 Å². The second kappa shape index (κ2) is 7.79. The van der Waals surface area contributed by atoms with Crippen LogP contribution >= 0.6 is 27.3 Å². The molecule has 0 radical (unpaired) electrons. The predicted molar refractivity (Wildman–Crippen MR) is 94.3 cm³/mol. The van der Waals surface area contributed by atoms with Crippen LogP contribution in [0.3, 0.4) is 0 Å². The zero-order valence-corrected chi connectivity index (χ0v) is 15.9. The molecular weight excluding hydrogens is 364 g/mol. The van der Waals surface area contributed by atoms with Crippen molar-refractivity contribution in [2.24, 2.45) is 0 Å². The Kier molecular flexibility index (Phi) is 6.29. The van der Waals surface area contributed by atoms with Crippen molar-refractivity contribution in [2.45, 2.75) is 58.2 Å². The maximum Gasteiger partial charge on any atom is 0.410 e. The average molecular weight is 389 g/mol. The number of carbonyl (C=O) groups is 1. The fraction of sp³-hybridized carbons (Fsp3) is 0.688. The second-order valence-electron chi connectivity index (χ2n) is 6.67. The molecule has 0 bridgehead atoms. The van der Waals surface area contributed by atoms with E-state index in [4.69, 9.17) is 4.74 Å². The number of thiophene rings is 1. The summed E-state index contributed by atoms with van der Waals surface area (Å²) >= 11 is 5.22. The highest BCUT2D eigenvalue weighted by molar-refractivity contribution is 9.10. The van der Waals surface area contributed by atoms with Crippen molar-refractivity contribution in [3.63, 3.8) is 0 Å². The highest BCUT2D eigenvalue weighted by atomic mass is 79.9. The van der Waals surface area contributed by atoms with E-state index in [2.05, 4.69) is 32.7 Å². The largest absolute Gasteiger partial charge is 0.444 e. The molecule has 124 valence electrons. The first-order valence-electron chi connectivity index (χ1n) is 7.78. The van der Waals surface area contributed by atoms with E-state index >= 15 is 0 Å². The Morgan fingerprint density at radius 1 is 1.55 bits per heavy atom. The highest BCUT2D eigenvalue weighted by Crippen LogP contribution is 2.23. The van der Waals surface area contributed by atoms with E-state index in [0.29, 0.717) is 6.04 Å². The first-order valence-corrected chi connectivity index (χ1v) is 9.46. The smallest absolute Gasteiger partial charge is 0.410 e. The van der Waals surface area contributed by atoms with Crippen molar-refractivity contribution >= 4 is 33.4 Å². The molecule has 1 atom stereocenters. The summed E-state index contributed by atoms with van der Waals surface area (Å²) in [4.78, 5) is 15.4. The summed E-state index contributed by atoms with van der Waals surface area (Å²) in [5, 5.41) is 5.56. The van der Waals surface area contributed by atoms with Gasteiger partial charge in [0.05, 0.1) is 0 Å². The van der Waals surface area contributed by atoms with Crippen LogP contribution in [-0.2, 0) is 11.3 Å². The minimum atomic E-state index is -0.422. The lowest BCUT2D eigenvalue weighted by Gasteiger charge is -2.28. The molecule has 1 aliphatic heterocycles. The zero-order chi connectivity index (χ0) is 16.2. The van der Waals surface area contributed by atoms with Crippen molar-refractivity contribution in [1.29, 1.82) is 0 Å². The molecule has 1 fully saturated rings. The fourth-order valence-corrected chi connectivity index (χ4v) is 4.04. The minimum Gasteiger partial charge on any atom is -0.444 e. The Hall–Kier alpha value is -0.590. The number of nitrogens with one attached hydrogen (secondary N) is 1. The molecule has 22 heavy (non-hydrogen) atoms. The molecule has 4 nitrogen and oxygen atoms in total. The summed E-state index contributed by atoms with van der Waals surface area (Å²) < 4.78 is 6.63. The van der Waals surface area contributed by atoms with Crippen molar-refractivity contribution in [2.75, 3.05) is 13.1 Å². The van der Waals surface area contributed by atoms with E-state index in [0.717, 1.165) is 43.4 Å². The molecule has 1 saturated heterocycles. The number of hydrogen-bond donors (Lipinski definition) is 1. The number of carbonyl (C=O) groups excluding carboxylic acids is 1. The SMILES string of the molecule is CC(C)(C)OC(=O)N1CCCC1CCNCc1cc(Br)cs1. The average Bonchev–Trinajstić information content (AvgIpc) is 3.01. The first-order chi connectivity index (χ1) is 10.3. The lowest BCUT2D eigenvalue weighted by atomic mass is 10.1. The van der Waals surface area contributed by atoms with Gasteiger partial charge in [0, 0.05) is 33.9 Å². The molecule has 0 aliphatic carbocycles. The fourth-order valence-electron chi connectivity index (χ4n) is 2.62. The van der Waals surface area contributed by atoms with E-state index in [9.17, 15) is 4.79 Å². The number of hydrogen-bond acceptors (Lipinski definition) is 4. The molecule has 1 N–H and O–H groups in total. The maximum absolute atomic E-state index is 12.2. The van der Waals surface area contributed by atoms with Crippen LogP contribution in [0.25, 0.3) is 0 Å². The number of ether oxygens (including phenoxy) is 1. The Morgan fingerprint density at radius 3 is 2.95 bits per heavy atom. The predicted octanol–water partition coefficient (Wildman–Crippen LogP) is 4.39. The van der Waals surface area contributed by atoms with Gasteiger partial charge in [-0.15, -0.1) is 11.3 Å². The molecule has 1 amide bonds. The minimum absolute atomic E-state index is 0.169. The van der Waals surface area contributed by atoms with E-state index in [1.54, 1.807) is 11.3 Å². The van der Waals surface area contributed by atoms with Crippen molar-refractivity contribution < 1.29 is 9.53 Å². The zero-order valence-electron chi connectivity index (χ0n) is 13.5. The van der Waals surface area contributed by atoms with Gasteiger partial charge in [-0.2, -0.15) is 0 Å². The Bertz CT molecular complexity index is 499. The third kappa shape index (κ3) is 5.56. The molecule has 1 aliphatic rings. The Balaban J connectivity index is 1.73. The lowest BCUT2D eigenvalue weighted by Crippen LogP contribution is -2.40. The third-order valence-electron chi connectivity index (χ3n) is 3.58. The van der Waals surface area contributed by atoms with Gasteiger partial charge >= 0.3 is 6.09 Å². The molecule has 1 unspecified atom stereocenters. The van der Waals surface area contributed by atoms with Crippen molar-refractivity contribution in [1.82, 2.24) is 10.2 Å². The number of likely N-dealkylation sites (tertiary alicyclic amines) is 1. The van der Waals surface area contributed by atoms with E-state index in [1.807, 2.05) is 25.7 Å². The molecule has 0 saturated carbocycles. The van der Waals surface area contributed by atoms with Gasteiger partial charge < -0.3 is 15.0 Å². The number of halogens is 1. The summed E-state index contributed by atoms with van der Waals surface area (Å²) in [5.41, 5.74) is -0.422. The lowest BCUT2D eigenvalue weighted by molar-refractivity contribution is 0.0221. The summed E-state index contributed by atoms with van der Waals surface area (Å²) in [5.74, 6) is 0. The molecule has 1 aromatic heterocycles. The summed E-state index contributed by atoms with van der Waals surface area (Å²) in [6, 6.07) is 2.44. The number of rotatable bonds is 5. The highest BCUT2D eigenvalue weighted by Gasteiger charge is 2.31. The van der Waals surface area contributed by atoms with Crippen LogP contribution in [0.2, 0.25) is 0 Å². The number of amides is 1. The quantitative estimate of drug-likeness (QED) is 0.760. The van der Waals surface area contributed by atoms with Crippen LogP contribution < -0.4 is 5.32 Å². The van der Waals surface area contributed by atoms with E-state index in [-0.39, 0.29) is 6.09 Å². The van der Waals surface area contributed by atoms with Gasteiger partial charge in [-0.05, 0) is 68.6 Å². The van der Waals surface area contributed by atoms with Gasteiger partial charge in [-0.25, -0.2) is 4.79 Å². The van der Waals surface area contributed by atoms with E-state index in [1.165, 1.54) is 4.88 Å². The van der Waals surface area contributed by atoms with Crippen LogP contribution in [0.15, 0.2) is 15.9 Å². The summed E-state index contributed by atoms with van der Waals surface area (Å²) in [7, 11) is 0. The molecule has 2 heterocycles.